The van der Waals surface area contributed by atoms with Crippen LogP contribution in [-0.2, 0) is 16.0 Å². The third-order valence-corrected chi connectivity index (χ3v) is 1.77. The van der Waals surface area contributed by atoms with Gasteiger partial charge in [0.25, 0.3) is 0 Å². The minimum Gasteiger partial charge on any atom is -0.508 e. The van der Waals surface area contributed by atoms with Gasteiger partial charge in [0.1, 0.15) is 5.75 Å². The van der Waals surface area contributed by atoms with E-state index in [2.05, 4.69) is 11.3 Å². The molecule has 3 nitrogen and oxygen atoms in total. The van der Waals surface area contributed by atoms with Crippen molar-refractivity contribution in [3.8, 4) is 5.75 Å². The lowest BCUT2D eigenvalue weighted by molar-refractivity contribution is -0.137. The minimum absolute atomic E-state index is 0.224. The van der Waals surface area contributed by atoms with Crippen molar-refractivity contribution in [2.75, 3.05) is 0 Å². The van der Waals surface area contributed by atoms with Gasteiger partial charge in [0.05, 0.1) is 6.26 Å². The number of esters is 1. The lowest BCUT2D eigenvalue weighted by Crippen LogP contribution is -2.00. The summed E-state index contributed by atoms with van der Waals surface area (Å²) >= 11 is 0. The van der Waals surface area contributed by atoms with Crippen LogP contribution in [0.1, 0.15) is 12.0 Å². The second kappa shape index (κ2) is 5.07. The topological polar surface area (TPSA) is 46.5 Å². The molecule has 0 bridgehead atoms. The Hall–Kier alpha value is -1.77. The Balaban J connectivity index is 2.41. The third-order valence-electron chi connectivity index (χ3n) is 1.77. The first-order chi connectivity index (χ1) is 6.72. The van der Waals surface area contributed by atoms with Crippen LogP contribution in [0.2, 0.25) is 0 Å². The zero-order valence-corrected chi connectivity index (χ0v) is 7.77. The summed E-state index contributed by atoms with van der Waals surface area (Å²) in [6.45, 7) is 3.29. The summed E-state index contributed by atoms with van der Waals surface area (Å²) < 4.78 is 4.56. The number of hydrogen-bond donors (Lipinski definition) is 1. The fourth-order valence-electron chi connectivity index (χ4n) is 1.06. The molecule has 0 radical (unpaired) electrons. The fraction of sp³-hybridized carbons (Fsp3) is 0.182. The highest BCUT2D eigenvalue weighted by molar-refractivity contribution is 5.70. The molecule has 3 heteroatoms. The van der Waals surface area contributed by atoms with E-state index in [0.29, 0.717) is 12.8 Å². The number of carbonyl (C=O) groups excluding carboxylic acids is 1. The molecule has 0 aromatic heterocycles. The summed E-state index contributed by atoms with van der Waals surface area (Å²) in [5.41, 5.74) is 0.990. The zero-order chi connectivity index (χ0) is 10.4. The Bertz CT molecular complexity index is 314. The highest BCUT2D eigenvalue weighted by atomic mass is 16.5. The lowest BCUT2D eigenvalue weighted by atomic mass is 10.1. The normalized spacial score (nSPS) is 9.43. The summed E-state index contributed by atoms with van der Waals surface area (Å²) in [7, 11) is 0. The van der Waals surface area contributed by atoms with Crippen LogP contribution in [0.15, 0.2) is 37.1 Å². The number of benzene rings is 1. The van der Waals surface area contributed by atoms with Gasteiger partial charge < -0.3 is 9.84 Å². The van der Waals surface area contributed by atoms with E-state index < -0.39 is 0 Å². The molecule has 0 atom stereocenters. The van der Waals surface area contributed by atoms with Gasteiger partial charge in [-0.05, 0) is 24.1 Å². The monoisotopic (exact) mass is 192 g/mol. The quantitative estimate of drug-likeness (QED) is 0.586. The number of carbonyl (C=O) groups is 1. The van der Waals surface area contributed by atoms with Crippen LogP contribution < -0.4 is 0 Å². The van der Waals surface area contributed by atoms with E-state index in [1.54, 1.807) is 24.3 Å². The predicted octanol–water partition coefficient (Wildman–Crippen LogP) is 2.01. The smallest absolute Gasteiger partial charge is 0.310 e. The molecule has 0 spiro atoms. The molecular weight excluding hydrogens is 180 g/mol. The van der Waals surface area contributed by atoms with E-state index in [4.69, 9.17) is 5.11 Å². The van der Waals surface area contributed by atoms with Gasteiger partial charge in [-0.1, -0.05) is 18.7 Å². The van der Waals surface area contributed by atoms with Gasteiger partial charge in [-0.15, -0.1) is 0 Å². The SMILES string of the molecule is C=COC(=O)CCc1ccc(O)cc1. The first-order valence-electron chi connectivity index (χ1n) is 4.30. The number of ether oxygens (including phenoxy) is 1. The Morgan fingerprint density at radius 2 is 2.07 bits per heavy atom. The molecule has 14 heavy (non-hydrogen) atoms. The minimum atomic E-state index is -0.298. The van der Waals surface area contributed by atoms with E-state index in [0.717, 1.165) is 11.8 Å². The highest BCUT2D eigenvalue weighted by Crippen LogP contribution is 2.11. The largest absolute Gasteiger partial charge is 0.508 e. The Labute approximate surface area is 82.6 Å². The average molecular weight is 192 g/mol. The van der Waals surface area contributed by atoms with E-state index in [1.165, 1.54) is 0 Å². The molecule has 0 aliphatic rings. The van der Waals surface area contributed by atoms with Crippen LogP contribution in [0, 0.1) is 0 Å². The summed E-state index contributed by atoms with van der Waals surface area (Å²) in [5.74, 6) is -0.0736. The van der Waals surface area contributed by atoms with E-state index in [9.17, 15) is 4.79 Å². The van der Waals surface area contributed by atoms with Crippen molar-refractivity contribution in [3.05, 3.63) is 42.7 Å². The number of rotatable bonds is 4. The maximum atomic E-state index is 10.9. The van der Waals surface area contributed by atoms with Crippen molar-refractivity contribution in [2.24, 2.45) is 0 Å². The molecule has 0 aliphatic carbocycles. The maximum absolute atomic E-state index is 10.9. The van der Waals surface area contributed by atoms with Gasteiger partial charge in [-0.25, -0.2) is 0 Å². The molecule has 0 saturated heterocycles. The Kier molecular flexibility index (Phi) is 3.73. The van der Waals surface area contributed by atoms with E-state index in [1.807, 2.05) is 0 Å². The summed E-state index contributed by atoms with van der Waals surface area (Å²) in [6.07, 6.45) is 2.04. The number of aryl methyl sites for hydroxylation is 1. The molecule has 0 fully saturated rings. The van der Waals surface area contributed by atoms with Crippen LogP contribution in [0.3, 0.4) is 0 Å². The van der Waals surface area contributed by atoms with E-state index >= 15 is 0 Å². The first-order valence-corrected chi connectivity index (χ1v) is 4.30. The third kappa shape index (κ3) is 3.31. The van der Waals surface area contributed by atoms with Gasteiger partial charge in [-0.3, -0.25) is 4.79 Å². The molecular formula is C11H12O3. The van der Waals surface area contributed by atoms with Crippen molar-refractivity contribution in [2.45, 2.75) is 12.8 Å². The van der Waals surface area contributed by atoms with Crippen LogP contribution in [0.4, 0.5) is 0 Å². The number of aromatic hydroxyl groups is 1. The number of phenols is 1. The number of hydrogen-bond acceptors (Lipinski definition) is 3. The van der Waals surface area contributed by atoms with Crippen LogP contribution >= 0.6 is 0 Å². The Morgan fingerprint density at radius 1 is 1.43 bits per heavy atom. The molecule has 0 amide bonds. The van der Waals surface area contributed by atoms with Crippen molar-refractivity contribution in [1.82, 2.24) is 0 Å². The van der Waals surface area contributed by atoms with Gasteiger partial charge in [0, 0.05) is 6.42 Å². The standard InChI is InChI=1S/C11H12O3/c1-2-14-11(13)8-5-9-3-6-10(12)7-4-9/h2-4,6-7,12H,1,5,8H2. The van der Waals surface area contributed by atoms with Crippen molar-refractivity contribution < 1.29 is 14.6 Å². The van der Waals surface area contributed by atoms with Crippen LogP contribution in [-0.4, -0.2) is 11.1 Å². The molecule has 1 N–H and O–H groups in total. The van der Waals surface area contributed by atoms with Gasteiger partial charge in [-0.2, -0.15) is 0 Å². The second-order valence-electron chi connectivity index (χ2n) is 2.82. The average Bonchev–Trinajstić information content (AvgIpc) is 2.17. The molecule has 1 aromatic rings. The van der Waals surface area contributed by atoms with Gasteiger partial charge >= 0.3 is 5.97 Å². The van der Waals surface area contributed by atoms with Gasteiger partial charge in [0.2, 0.25) is 0 Å². The van der Waals surface area contributed by atoms with Crippen molar-refractivity contribution >= 4 is 5.97 Å². The lowest BCUT2D eigenvalue weighted by Gasteiger charge is -2.00. The summed E-state index contributed by atoms with van der Waals surface area (Å²) in [5, 5.41) is 9.01. The van der Waals surface area contributed by atoms with Gasteiger partial charge in [0.15, 0.2) is 0 Å². The molecule has 1 rings (SSSR count). The van der Waals surface area contributed by atoms with Crippen molar-refractivity contribution in [3.63, 3.8) is 0 Å². The summed E-state index contributed by atoms with van der Waals surface area (Å²) in [4.78, 5) is 10.9. The van der Waals surface area contributed by atoms with E-state index in [-0.39, 0.29) is 11.7 Å². The summed E-state index contributed by atoms with van der Waals surface area (Å²) in [6, 6.07) is 6.73. The highest BCUT2D eigenvalue weighted by Gasteiger charge is 2.01. The van der Waals surface area contributed by atoms with Crippen molar-refractivity contribution in [1.29, 1.82) is 0 Å². The Morgan fingerprint density at radius 3 is 2.64 bits per heavy atom. The molecule has 1 aromatic carbocycles. The predicted molar refractivity (Wildman–Crippen MR) is 52.7 cm³/mol. The number of phenolic OH excluding ortho intramolecular Hbond substituents is 1. The van der Waals surface area contributed by atoms with Crippen LogP contribution in [0.5, 0.6) is 5.75 Å². The second-order valence-corrected chi connectivity index (χ2v) is 2.82. The maximum Gasteiger partial charge on any atom is 0.310 e. The fourth-order valence-corrected chi connectivity index (χ4v) is 1.06. The molecule has 74 valence electrons. The zero-order valence-electron chi connectivity index (χ0n) is 7.77. The molecule has 0 unspecified atom stereocenters. The molecule has 0 aliphatic heterocycles. The molecule has 0 heterocycles. The first kappa shape index (κ1) is 10.3. The molecule has 0 saturated carbocycles. The van der Waals surface area contributed by atoms with Crippen LogP contribution in [0.25, 0.3) is 0 Å².